The topological polar surface area (TPSA) is 32.3 Å². The number of benzene rings is 2. The molecule has 21 heavy (non-hydrogen) atoms. The zero-order chi connectivity index (χ0) is 14.7. The fourth-order valence-corrected chi connectivity index (χ4v) is 2.60. The minimum atomic E-state index is -0.265. The summed E-state index contributed by atoms with van der Waals surface area (Å²) in [5.41, 5.74) is 3.34. The van der Waals surface area contributed by atoms with Crippen LogP contribution in [0.1, 0.15) is 11.1 Å². The van der Waals surface area contributed by atoms with E-state index in [0.717, 1.165) is 24.2 Å². The van der Waals surface area contributed by atoms with Gasteiger partial charge in [-0.25, -0.2) is 4.39 Å². The number of carbonyl (C=O) groups excluding carboxylic acids is 1. The van der Waals surface area contributed by atoms with Crippen molar-refractivity contribution in [2.75, 3.05) is 18.0 Å². The number of para-hydroxylation sites is 1. The summed E-state index contributed by atoms with van der Waals surface area (Å²) in [6.07, 6.45) is 0.988. The predicted molar refractivity (Wildman–Crippen MR) is 80.6 cm³/mol. The van der Waals surface area contributed by atoms with Crippen LogP contribution in [-0.4, -0.2) is 19.0 Å². The van der Waals surface area contributed by atoms with Gasteiger partial charge in [0.1, 0.15) is 5.82 Å². The summed E-state index contributed by atoms with van der Waals surface area (Å²) < 4.78 is 12.8. The Labute approximate surface area is 123 Å². The summed E-state index contributed by atoms with van der Waals surface area (Å²) in [4.78, 5) is 14.1. The molecule has 1 heterocycles. The largest absolute Gasteiger partial charge is 0.362 e. The van der Waals surface area contributed by atoms with Crippen molar-refractivity contribution < 1.29 is 9.18 Å². The number of hydrogen-bond donors (Lipinski definition) is 1. The third-order valence-electron chi connectivity index (χ3n) is 3.72. The van der Waals surface area contributed by atoms with Crippen molar-refractivity contribution in [1.82, 2.24) is 5.32 Å². The molecular weight excluding hydrogens is 267 g/mol. The summed E-state index contributed by atoms with van der Waals surface area (Å²) in [5, 5.41) is 2.87. The number of hydrogen-bond acceptors (Lipinski definition) is 2. The Morgan fingerprint density at radius 3 is 2.71 bits per heavy atom. The highest BCUT2D eigenvalue weighted by Crippen LogP contribution is 2.26. The van der Waals surface area contributed by atoms with Crippen molar-refractivity contribution in [3.8, 4) is 0 Å². The van der Waals surface area contributed by atoms with E-state index in [9.17, 15) is 9.18 Å². The molecule has 4 heteroatoms. The lowest BCUT2D eigenvalue weighted by molar-refractivity contribution is -0.119. The van der Waals surface area contributed by atoms with E-state index in [1.807, 2.05) is 12.1 Å². The zero-order valence-corrected chi connectivity index (χ0v) is 11.7. The second kappa shape index (κ2) is 5.95. The minimum Gasteiger partial charge on any atom is -0.362 e. The van der Waals surface area contributed by atoms with Crippen LogP contribution in [-0.2, 0) is 17.8 Å². The van der Waals surface area contributed by atoms with E-state index in [0.29, 0.717) is 13.1 Å². The summed E-state index contributed by atoms with van der Waals surface area (Å²) in [5.74, 6) is -0.283. The van der Waals surface area contributed by atoms with Crippen LogP contribution < -0.4 is 10.2 Å². The van der Waals surface area contributed by atoms with Gasteiger partial charge in [0.25, 0.3) is 0 Å². The maximum Gasteiger partial charge on any atom is 0.239 e. The van der Waals surface area contributed by atoms with E-state index < -0.39 is 0 Å². The summed E-state index contributed by atoms with van der Waals surface area (Å²) in [6.45, 7) is 1.66. The standard InChI is InChI=1S/C17H17FN2O/c18-15-7-5-13(6-8-15)11-19-17(21)12-20-10-9-14-3-1-2-4-16(14)20/h1-8H,9-12H2,(H,19,21). The molecule has 1 aliphatic heterocycles. The molecule has 0 fully saturated rings. The second-order valence-electron chi connectivity index (χ2n) is 5.20. The fraction of sp³-hybridized carbons (Fsp3) is 0.235. The van der Waals surface area contributed by atoms with Crippen LogP contribution in [0.2, 0.25) is 0 Å². The quantitative estimate of drug-likeness (QED) is 0.935. The van der Waals surface area contributed by atoms with Crippen LogP contribution in [0.4, 0.5) is 10.1 Å². The molecule has 0 spiro atoms. The molecule has 108 valence electrons. The Hall–Kier alpha value is -2.36. The molecule has 3 rings (SSSR count). The predicted octanol–water partition coefficient (Wildman–Crippen LogP) is 2.50. The number of fused-ring (bicyclic) bond motifs is 1. The van der Waals surface area contributed by atoms with E-state index in [1.165, 1.54) is 17.7 Å². The minimum absolute atomic E-state index is 0.0176. The molecule has 1 amide bonds. The fourth-order valence-electron chi connectivity index (χ4n) is 2.60. The summed E-state index contributed by atoms with van der Waals surface area (Å²) in [7, 11) is 0. The Morgan fingerprint density at radius 2 is 1.90 bits per heavy atom. The van der Waals surface area contributed by atoms with Crippen molar-refractivity contribution in [3.63, 3.8) is 0 Å². The van der Waals surface area contributed by atoms with E-state index in [2.05, 4.69) is 22.3 Å². The maximum absolute atomic E-state index is 12.8. The average Bonchev–Trinajstić information content (AvgIpc) is 2.90. The van der Waals surface area contributed by atoms with E-state index in [4.69, 9.17) is 0 Å². The molecule has 1 aliphatic rings. The van der Waals surface area contributed by atoms with Gasteiger partial charge >= 0.3 is 0 Å². The Morgan fingerprint density at radius 1 is 1.14 bits per heavy atom. The second-order valence-corrected chi connectivity index (χ2v) is 5.20. The van der Waals surface area contributed by atoms with Crippen molar-refractivity contribution >= 4 is 11.6 Å². The van der Waals surface area contributed by atoms with Gasteiger partial charge in [0, 0.05) is 18.8 Å². The molecule has 2 aromatic rings. The molecule has 0 aromatic heterocycles. The lowest BCUT2D eigenvalue weighted by Gasteiger charge is -2.18. The smallest absolute Gasteiger partial charge is 0.239 e. The lowest BCUT2D eigenvalue weighted by atomic mass is 10.2. The van der Waals surface area contributed by atoms with Crippen LogP contribution in [0, 0.1) is 5.82 Å². The first-order valence-electron chi connectivity index (χ1n) is 7.06. The van der Waals surface area contributed by atoms with Crippen LogP contribution in [0.15, 0.2) is 48.5 Å². The SMILES string of the molecule is O=C(CN1CCc2ccccc21)NCc1ccc(F)cc1. The summed E-state index contributed by atoms with van der Waals surface area (Å²) >= 11 is 0. The third-order valence-corrected chi connectivity index (χ3v) is 3.72. The molecule has 0 saturated carbocycles. The van der Waals surface area contributed by atoms with Gasteiger partial charge in [-0.2, -0.15) is 0 Å². The first-order chi connectivity index (χ1) is 10.2. The number of carbonyl (C=O) groups is 1. The van der Waals surface area contributed by atoms with Crippen molar-refractivity contribution in [1.29, 1.82) is 0 Å². The Balaban J connectivity index is 1.54. The number of nitrogens with zero attached hydrogens (tertiary/aromatic N) is 1. The van der Waals surface area contributed by atoms with Crippen LogP contribution in [0.5, 0.6) is 0 Å². The third kappa shape index (κ3) is 3.21. The Bertz CT molecular complexity index is 639. The number of anilines is 1. The number of rotatable bonds is 4. The van der Waals surface area contributed by atoms with Gasteiger partial charge in [-0.05, 0) is 35.7 Å². The average molecular weight is 284 g/mol. The number of nitrogens with one attached hydrogen (secondary N) is 1. The van der Waals surface area contributed by atoms with Gasteiger partial charge in [0.2, 0.25) is 5.91 Å². The maximum atomic E-state index is 12.8. The normalized spacial score (nSPS) is 13.1. The molecule has 0 atom stereocenters. The molecule has 0 saturated heterocycles. The zero-order valence-electron chi connectivity index (χ0n) is 11.7. The molecule has 0 unspecified atom stereocenters. The van der Waals surface area contributed by atoms with E-state index in [1.54, 1.807) is 12.1 Å². The van der Waals surface area contributed by atoms with E-state index >= 15 is 0 Å². The van der Waals surface area contributed by atoms with Gasteiger partial charge < -0.3 is 10.2 Å². The van der Waals surface area contributed by atoms with Crippen molar-refractivity contribution in [2.45, 2.75) is 13.0 Å². The van der Waals surface area contributed by atoms with Crippen LogP contribution >= 0.6 is 0 Å². The number of halogens is 1. The molecular formula is C17H17FN2O. The van der Waals surface area contributed by atoms with Crippen LogP contribution in [0.3, 0.4) is 0 Å². The highest BCUT2D eigenvalue weighted by atomic mass is 19.1. The van der Waals surface area contributed by atoms with Crippen LogP contribution in [0.25, 0.3) is 0 Å². The first kappa shape index (κ1) is 13.6. The molecule has 0 aliphatic carbocycles. The van der Waals surface area contributed by atoms with E-state index in [-0.39, 0.29) is 11.7 Å². The van der Waals surface area contributed by atoms with Crippen molar-refractivity contribution in [2.24, 2.45) is 0 Å². The monoisotopic (exact) mass is 284 g/mol. The van der Waals surface area contributed by atoms with Gasteiger partial charge in [-0.3, -0.25) is 4.79 Å². The van der Waals surface area contributed by atoms with Gasteiger partial charge in [-0.1, -0.05) is 30.3 Å². The first-order valence-corrected chi connectivity index (χ1v) is 7.06. The highest BCUT2D eigenvalue weighted by Gasteiger charge is 2.20. The molecule has 0 radical (unpaired) electrons. The molecule has 3 nitrogen and oxygen atoms in total. The highest BCUT2D eigenvalue weighted by molar-refractivity contribution is 5.82. The van der Waals surface area contributed by atoms with Gasteiger partial charge in [0.05, 0.1) is 6.54 Å². The molecule has 1 N–H and O–H groups in total. The molecule has 0 bridgehead atoms. The summed E-state index contributed by atoms with van der Waals surface area (Å²) in [6, 6.07) is 14.3. The van der Waals surface area contributed by atoms with Gasteiger partial charge in [0.15, 0.2) is 0 Å². The molecule has 2 aromatic carbocycles. The van der Waals surface area contributed by atoms with Crippen molar-refractivity contribution in [3.05, 3.63) is 65.5 Å². The van der Waals surface area contributed by atoms with Gasteiger partial charge in [-0.15, -0.1) is 0 Å². The lowest BCUT2D eigenvalue weighted by Crippen LogP contribution is -2.36. The Kier molecular flexibility index (Phi) is 3.86. The number of amides is 1.